The summed E-state index contributed by atoms with van der Waals surface area (Å²) >= 11 is 0. The normalized spacial score (nSPS) is 25.9. The van der Waals surface area contributed by atoms with E-state index in [1.165, 1.54) is 6.42 Å². The van der Waals surface area contributed by atoms with Crippen LogP contribution in [0.25, 0.3) is 0 Å². The largest absolute Gasteiger partial charge is 0.497 e. The van der Waals surface area contributed by atoms with Crippen LogP contribution in [-0.4, -0.2) is 24.4 Å². The van der Waals surface area contributed by atoms with Crippen molar-refractivity contribution in [2.24, 2.45) is 5.41 Å². The first kappa shape index (κ1) is 14.2. The lowest BCUT2D eigenvalue weighted by atomic mass is 9.68. The lowest BCUT2D eigenvalue weighted by molar-refractivity contribution is 0.105. The molecule has 0 spiro atoms. The van der Waals surface area contributed by atoms with E-state index in [1.54, 1.807) is 7.11 Å². The molecule has 1 atom stereocenters. The van der Waals surface area contributed by atoms with E-state index in [-0.39, 0.29) is 17.6 Å². The average molecular weight is 263 g/mol. The van der Waals surface area contributed by atoms with Gasteiger partial charge in [-0.1, -0.05) is 26.3 Å². The molecule has 0 radical (unpaired) electrons. The van der Waals surface area contributed by atoms with Crippen molar-refractivity contribution in [1.82, 2.24) is 0 Å². The summed E-state index contributed by atoms with van der Waals surface area (Å²) in [5.74, 6) is 0.841. The maximum absolute atomic E-state index is 9.87. The van der Waals surface area contributed by atoms with Gasteiger partial charge < -0.3 is 15.2 Å². The molecule has 1 aliphatic rings. The van der Waals surface area contributed by atoms with Gasteiger partial charge in [0, 0.05) is 11.8 Å². The standard InChI is InChI=1S/C16H25NO2/c1-15(2)8-5-9-16(11-15,12-18)17-13-6-4-7-14(10-13)19-3/h4,6-7,10,17-18H,5,8-9,11-12H2,1-3H3. The van der Waals surface area contributed by atoms with E-state index in [9.17, 15) is 5.11 Å². The summed E-state index contributed by atoms with van der Waals surface area (Å²) in [6.45, 7) is 4.74. The van der Waals surface area contributed by atoms with Gasteiger partial charge in [-0.3, -0.25) is 0 Å². The summed E-state index contributed by atoms with van der Waals surface area (Å²) in [5, 5.41) is 13.4. The molecule has 1 saturated carbocycles. The van der Waals surface area contributed by atoms with Gasteiger partial charge in [0.25, 0.3) is 0 Å². The Bertz CT molecular complexity index is 431. The van der Waals surface area contributed by atoms with E-state index in [4.69, 9.17) is 4.74 Å². The lowest BCUT2D eigenvalue weighted by Crippen LogP contribution is -2.48. The Hall–Kier alpha value is -1.22. The van der Waals surface area contributed by atoms with Crippen LogP contribution in [0.5, 0.6) is 5.75 Å². The highest BCUT2D eigenvalue weighted by molar-refractivity contribution is 5.50. The summed E-state index contributed by atoms with van der Waals surface area (Å²) in [6, 6.07) is 7.92. The van der Waals surface area contributed by atoms with Crippen molar-refractivity contribution >= 4 is 5.69 Å². The molecular formula is C16H25NO2. The zero-order valence-corrected chi connectivity index (χ0v) is 12.2. The number of nitrogens with one attached hydrogen (secondary N) is 1. The van der Waals surface area contributed by atoms with Crippen molar-refractivity contribution in [3.63, 3.8) is 0 Å². The molecule has 0 heterocycles. The third-order valence-electron chi connectivity index (χ3n) is 4.11. The molecular weight excluding hydrogens is 238 g/mol. The first-order valence-corrected chi connectivity index (χ1v) is 7.02. The molecule has 1 aromatic carbocycles. The van der Waals surface area contributed by atoms with Crippen molar-refractivity contribution in [3.05, 3.63) is 24.3 Å². The summed E-state index contributed by atoms with van der Waals surface area (Å²) in [7, 11) is 1.67. The van der Waals surface area contributed by atoms with Crippen molar-refractivity contribution in [2.75, 3.05) is 19.0 Å². The maximum Gasteiger partial charge on any atom is 0.120 e. The van der Waals surface area contributed by atoms with Crippen LogP contribution in [0, 0.1) is 5.41 Å². The molecule has 0 bridgehead atoms. The molecule has 0 aliphatic heterocycles. The summed E-state index contributed by atoms with van der Waals surface area (Å²) in [4.78, 5) is 0. The topological polar surface area (TPSA) is 41.5 Å². The molecule has 19 heavy (non-hydrogen) atoms. The molecule has 0 saturated heterocycles. The zero-order valence-electron chi connectivity index (χ0n) is 12.2. The predicted molar refractivity (Wildman–Crippen MR) is 78.7 cm³/mol. The lowest BCUT2D eigenvalue weighted by Gasteiger charge is -2.45. The highest BCUT2D eigenvalue weighted by Gasteiger charge is 2.39. The monoisotopic (exact) mass is 263 g/mol. The fraction of sp³-hybridized carbons (Fsp3) is 0.625. The molecule has 1 aromatic rings. The van der Waals surface area contributed by atoms with Gasteiger partial charge in [-0.05, 0) is 36.8 Å². The van der Waals surface area contributed by atoms with E-state index in [2.05, 4.69) is 19.2 Å². The van der Waals surface area contributed by atoms with E-state index >= 15 is 0 Å². The Kier molecular flexibility index (Phi) is 4.04. The zero-order chi connectivity index (χ0) is 13.9. The highest BCUT2D eigenvalue weighted by atomic mass is 16.5. The Morgan fingerprint density at radius 1 is 1.32 bits per heavy atom. The van der Waals surface area contributed by atoms with Gasteiger partial charge in [-0.15, -0.1) is 0 Å². The summed E-state index contributed by atoms with van der Waals surface area (Å²) in [5.41, 5.74) is 1.10. The van der Waals surface area contributed by atoms with Crippen LogP contribution in [0.1, 0.15) is 39.5 Å². The number of rotatable bonds is 4. The number of anilines is 1. The summed E-state index contributed by atoms with van der Waals surface area (Å²) in [6.07, 6.45) is 4.40. The number of ether oxygens (including phenoxy) is 1. The van der Waals surface area contributed by atoms with Gasteiger partial charge in [0.15, 0.2) is 0 Å². The van der Waals surface area contributed by atoms with Crippen LogP contribution >= 0.6 is 0 Å². The van der Waals surface area contributed by atoms with Crippen molar-refractivity contribution in [1.29, 1.82) is 0 Å². The fourth-order valence-electron chi connectivity index (χ4n) is 3.29. The minimum absolute atomic E-state index is 0.174. The van der Waals surface area contributed by atoms with E-state index < -0.39 is 0 Å². The molecule has 1 fully saturated rings. The van der Waals surface area contributed by atoms with E-state index in [1.807, 2.05) is 24.3 Å². The number of aliphatic hydroxyl groups is 1. The Labute approximate surface area is 116 Å². The van der Waals surface area contributed by atoms with Crippen LogP contribution in [0.3, 0.4) is 0 Å². The van der Waals surface area contributed by atoms with Crippen LogP contribution in [0.4, 0.5) is 5.69 Å². The molecule has 2 N–H and O–H groups in total. The quantitative estimate of drug-likeness (QED) is 0.874. The minimum Gasteiger partial charge on any atom is -0.497 e. The number of hydrogen-bond donors (Lipinski definition) is 2. The molecule has 3 nitrogen and oxygen atoms in total. The third-order valence-corrected chi connectivity index (χ3v) is 4.11. The van der Waals surface area contributed by atoms with E-state index in [0.717, 1.165) is 30.7 Å². The Morgan fingerprint density at radius 3 is 2.74 bits per heavy atom. The molecule has 0 amide bonds. The van der Waals surface area contributed by atoms with Gasteiger partial charge in [0.2, 0.25) is 0 Å². The molecule has 1 aliphatic carbocycles. The van der Waals surface area contributed by atoms with Crippen LogP contribution < -0.4 is 10.1 Å². The van der Waals surface area contributed by atoms with E-state index in [0.29, 0.717) is 0 Å². The second-order valence-corrected chi connectivity index (χ2v) is 6.49. The number of methoxy groups -OCH3 is 1. The van der Waals surface area contributed by atoms with Crippen LogP contribution in [0.2, 0.25) is 0 Å². The Morgan fingerprint density at radius 2 is 2.11 bits per heavy atom. The number of hydrogen-bond acceptors (Lipinski definition) is 3. The molecule has 1 unspecified atom stereocenters. The van der Waals surface area contributed by atoms with Crippen molar-refractivity contribution < 1.29 is 9.84 Å². The first-order valence-electron chi connectivity index (χ1n) is 7.02. The molecule has 2 rings (SSSR count). The SMILES string of the molecule is COc1cccc(NC2(CO)CCCC(C)(C)C2)c1. The fourth-order valence-corrected chi connectivity index (χ4v) is 3.29. The average Bonchev–Trinajstić information content (AvgIpc) is 2.38. The predicted octanol–water partition coefficient (Wildman–Crippen LogP) is 3.44. The Balaban J connectivity index is 2.17. The first-order chi connectivity index (χ1) is 8.99. The van der Waals surface area contributed by atoms with Gasteiger partial charge in [-0.25, -0.2) is 0 Å². The molecule has 0 aromatic heterocycles. The van der Waals surface area contributed by atoms with Crippen LogP contribution in [0.15, 0.2) is 24.3 Å². The van der Waals surface area contributed by atoms with Gasteiger partial charge in [0.05, 0.1) is 19.3 Å². The van der Waals surface area contributed by atoms with Crippen molar-refractivity contribution in [2.45, 2.75) is 45.1 Å². The molecule has 106 valence electrons. The molecule has 3 heteroatoms. The van der Waals surface area contributed by atoms with Gasteiger partial charge in [0.1, 0.15) is 5.75 Å². The summed E-state index contributed by atoms with van der Waals surface area (Å²) < 4.78 is 5.25. The van der Waals surface area contributed by atoms with Crippen LogP contribution in [-0.2, 0) is 0 Å². The van der Waals surface area contributed by atoms with Gasteiger partial charge >= 0.3 is 0 Å². The smallest absolute Gasteiger partial charge is 0.120 e. The highest BCUT2D eigenvalue weighted by Crippen LogP contribution is 2.42. The number of benzene rings is 1. The second kappa shape index (κ2) is 5.41. The second-order valence-electron chi connectivity index (χ2n) is 6.49. The van der Waals surface area contributed by atoms with Gasteiger partial charge in [-0.2, -0.15) is 0 Å². The third kappa shape index (κ3) is 3.41. The maximum atomic E-state index is 9.87. The number of aliphatic hydroxyl groups excluding tert-OH is 1. The minimum atomic E-state index is -0.200. The van der Waals surface area contributed by atoms with Crippen molar-refractivity contribution in [3.8, 4) is 5.75 Å².